The molecule has 0 spiro atoms. The van der Waals surface area contributed by atoms with Crippen molar-refractivity contribution in [2.75, 3.05) is 13.1 Å². The number of rotatable bonds is 1. The Hall–Kier alpha value is 0.540. The molecule has 3 fully saturated rings. The quantitative estimate of drug-likeness (QED) is 0.649. The SMILES string of the molecule is C[C@@]12CCC[C@@]3(C(Cl)Cl)CCCN(CC1)[C@@H]23. The number of hydrogen-bond donors (Lipinski definition) is 0. The zero-order valence-electron chi connectivity index (χ0n) is 10.0. The number of hydrogen-bond acceptors (Lipinski definition) is 1. The summed E-state index contributed by atoms with van der Waals surface area (Å²) in [6, 6.07) is 0.655. The normalized spacial score (nSPS) is 48.4. The number of alkyl halides is 2. The van der Waals surface area contributed by atoms with E-state index in [4.69, 9.17) is 23.2 Å². The van der Waals surface area contributed by atoms with Crippen LogP contribution in [0.15, 0.2) is 0 Å². The van der Waals surface area contributed by atoms with E-state index in [0.29, 0.717) is 11.5 Å². The van der Waals surface area contributed by atoms with Crippen LogP contribution in [-0.2, 0) is 0 Å². The van der Waals surface area contributed by atoms with E-state index in [2.05, 4.69) is 11.8 Å². The molecule has 1 nitrogen and oxygen atoms in total. The molecule has 16 heavy (non-hydrogen) atoms. The fourth-order valence-electron chi connectivity index (χ4n) is 4.83. The predicted octanol–water partition coefficient (Wildman–Crippen LogP) is 3.83. The minimum Gasteiger partial charge on any atom is -0.299 e. The average Bonchev–Trinajstić information content (AvgIpc) is 2.59. The van der Waals surface area contributed by atoms with Crippen LogP contribution in [0.25, 0.3) is 0 Å². The lowest BCUT2D eigenvalue weighted by Gasteiger charge is -2.56. The smallest absolute Gasteiger partial charge is 0.114 e. The molecule has 0 aromatic heterocycles. The lowest BCUT2D eigenvalue weighted by Crippen LogP contribution is -2.59. The number of nitrogens with zero attached hydrogens (tertiary/aromatic N) is 1. The topological polar surface area (TPSA) is 3.24 Å². The summed E-state index contributed by atoms with van der Waals surface area (Å²) in [5.74, 6) is 0. The minimum atomic E-state index is -0.182. The van der Waals surface area contributed by atoms with E-state index in [1.807, 2.05) is 0 Å². The van der Waals surface area contributed by atoms with E-state index >= 15 is 0 Å². The second-order valence-electron chi connectivity index (χ2n) is 6.33. The molecule has 0 N–H and O–H groups in total. The molecule has 92 valence electrons. The van der Waals surface area contributed by atoms with Crippen molar-refractivity contribution in [1.29, 1.82) is 0 Å². The lowest BCUT2D eigenvalue weighted by molar-refractivity contribution is -0.0403. The van der Waals surface area contributed by atoms with Gasteiger partial charge in [-0.3, -0.25) is 4.90 Å². The van der Waals surface area contributed by atoms with Crippen LogP contribution in [0.5, 0.6) is 0 Å². The molecule has 0 unspecified atom stereocenters. The van der Waals surface area contributed by atoms with Crippen LogP contribution in [0.2, 0.25) is 0 Å². The van der Waals surface area contributed by atoms with Crippen LogP contribution < -0.4 is 0 Å². The van der Waals surface area contributed by atoms with Gasteiger partial charge in [0.15, 0.2) is 0 Å². The van der Waals surface area contributed by atoms with E-state index in [-0.39, 0.29) is 10.3 Å². The van der Waals surface area contributed by atoms with E-state index in [1.165, 1.54) is 51.6 Å². The first-order valence-corrected chi connectivity index (χ1v) is 7.48. The first-order chi connectivity index (χ1) is 7.58. The summed E-state index contributed by atoms with van der Waals surface area (Å²) in [5.41, 5.74) is 0.686. The summed E-state index contributed by atoms with van der Waals surface area (Å²) < 4.78 is 0. The summed E-state index contributed by atoms with van der Waals surface area (Å²) in [5, 5.41) is 0. The summed E-state index contributed by atoms with van der Waals surface area (Å²) >= 11 is 12.8. The third-order valence-corrected chi connectivity index (χ3v) is 6.32. The van der Waals surface area contributed by atoms with Crippen molar-refractivity contribution in [2.45, 2.75) is 56.3 Å². The fraction of sp³-hybridized carbons (Fsp3) is 1.00. The Balaban J connectivity index is 2.02. The molecule has 0 aromatic rings. The minimum absolute atomic E-state index is 0.182. The largest absolute Gasteiger partial charge is 0.299 e. The molecule has 3 rings (SSSR count). The molecule has 0 amide bonds. The maximum atomic E-state index is 6.38. The first kappa shape index (κ1) is 11.6. The summed E-state index contributed by atoms with van der Waals surface area (Å²) in [7, 11) is 0. The number of piperidine rings is 1. The third-order valence-electron chi connectivity index (χ3n) is 5.45. The highest BCUT2D eigenvalue weighted by Crippen LogP contribution is 2.60. The monoisotopic (exact) mass is 261 g/mol. The summed E-state index contributed by atoms with van der Waals surface area (Å²) in [4.78, 5) is 2.50. The molecule has 2 aliphatic heterocycles. The van der Waals surface area contributed by atoms with Crippen molar-refractivity contribution in [2.24, 2.45) is 10.8 Å². The maximum Gasteiger partial charge on any atom is 0.114 e. The van der Waals surface area contributed by atoms with Crippen LogP contribution in [0.3, 0.4) is 0 Å². The van der Waals surface area contributed by atoms with Crippen molar-refractivity contribution >= 4 is 23.2 Å². The van der Waals surface area contributed by atoms with Gasteiger partial charge in [-0.05, 0) is 50.6 Å². The van der Waals surface area contributed by atoms with Crippen LogP contribution in [0.4, 0.5) is 0 Å². The summed E-state index contributed by atoms with van der Waals surface area (Å²) in [6.45, 7) is 5.00. The Morgan fingerprint density at radius 1 is 1.06 bits per heavy atom. The van der Waals surface area contributed by atoms with E-state index < -0.39 is 0 Å². The Bertz CT molecular complexity index is 290. The maximum absolute atomic E-state index is 6.38. The van der Waals surface area contributed by atoms with Gasteiger partial charge in [0.1, 0.15) is 4.84 Å². The van der Waals surface area contributed by atoms with E-state index in [9.17, 15) is 0 Å². The molecule has 0 radical (unpaired) electrons. The molecule has 0 aromatic carbocycles. The van der Waals surface area contributed by atoms with Crippen molar-refractivity contribution in [3.05, 3.63) is 0 Å². The van der Waals surface area contributed by atoms with Gasteiger partial charge >= 0.3 is 0 Å². The molecule has 3 heteroatoms. The van der Waals surface area contributed by atoms with E-state index in [0.717, 1.165) is 0 Å². The zero-order valence-corrected chi connectivity index (χ0v) is 11.5. The highest BCUT2D eigenvalue weighted by Gasteiger charge is 2.60. The Kier molecular flexibility index (Phi) is 2.73. The predicted molar refractivity (Wildman–Crippen MR) is 69.1 cm³/mol. The third kappa shape index (κ3) is 1.41. The van der Waals surface area contributed by atoms with Crippen LogP contribution >= 0.6 is 23.2 Å². The fourth-order valence-corrected chi connectivity index (χ4v) is 5.51. The van der Waals surface area contributed by atoms with E-state index in [1.54, 1.807) is 0 Å². The first-order valence-electron chi connectivity index (χ1n) is 6.61. The number of halogens is 2. The Labute approximate surface area is 108 Å². The standard InChI is InChI=1S/C13H21Cl2N/c1-12-4-2-5-13(11(14)15)6-3-8-16(9-7-12)10(12)13/h10-11H,2-9H2,1H3/t10-,12+,13+/m0/s1. The molecular formula is C13H21Cl2N. The van der Waals surface area contributed by atoms with Gasteiger partial charge in [0.2, 0.25) is 0 Å². The lowest BCUT2D eigenvalue weighted by atomic mass is 9.57. The van der Waals surface area contributed by atoms with Crippen molar-refractivity contribution in [1.82, 2.24) is 4.90 Å². The molecule has 1 aliphatic carbocycles. The van der Waals surface area contributed by atoms with Gasteiger partial charge in [-0.15, -0.1) is 23.2 Å². The van der Waals surface area contributed by atoms with Gasteiger partial charge in [-0.2, -0.15) is 0 Å². The van der Waals surface area contributed by atoms with Gasteiger partial charge in [0.25, 0.3) is 0 Å². The van der Waals surface area contributed by atoms with Crippen molar-refractivity contribution < 1.29 is 0 Å². The van der Waals surface area contributed by atoms with Crippen LogP contribution in [0, 0.1) is 10.8 Å². The van der Waals surface area contributed by atoms with Crippen molar-refractivity contribution in [3.63, 3.8) is 0 Å². The molecule has 2 heterocycles. The van der Waals surface area contributed by atoms with Crippen LogP contribution in [0.1, 0.15) is 45.4 Å². The molecule has 0 bridgehead atoms. The molecular weight excluding hydrogens is 241 g/mol. The van der Waals surface area contributed by atoms with Gasteiger partial charge in [0, 0.05) is 11.5 Å². The molecule has 1 saturated carbocycles. The van der Waals surface area contributed by atoms with Gasteiger partial charge in [-0.1, -0.05) is 13.3 Å². The Morgan fingerprint density at radius 2 is 1.81 bits per heavy atom. The second kappa shape index (κ2) is 3.76. The molecule has 3 atom stereocenters. The molecule has 3 aliphatic rings. The van der Waals surface area contributed by atoms with Crippen molar-refractivity contribution in [3.8, 4) is 0 Å². The van der Waals surface area contributed by atoms with Gasteiger partial charge in [0.05, 0.1) is 0 Å². The second-order valence-corrected chi connectivity index (χ2v) is 7.43. The highest BCUT2D eigenvalue weighted by atomic mass is 35.5. The Morgan fingerprint density at radius 3 is 2.56 bits per heavy atom. The highest BCUT2D eigenvalue weighted by molar-refractivity contribution is 6.44. The average molecular weight is 262 g/mol. The summed E-state index contributed by atoms with van der Waals surface area (Å²) in [6.07, 6.45) is 7.79. The van der Waals surface area contributed by atoms with Gasteiger partial charge in [-0.25, -0.2) is 0 Å². The zero-order chi connectivity index (χ0) is 11.4. The molecule has 2 saturated heterocycles. The van der Waals surface area contributed by atoms with Gasteiger partial charge < -0.3 is 0 Å². The van der Waals surface area contributed by atoms with Crippen LogP contribution in [-0.4, -0.2) is 28.9 Å².